The molecule has 0 bridgehead atoms. The summed E-state index contributed by atoms with van der Waals surface area (Å²) in [4.78, 5) is 12.4. The summed E-state index contributed by atoms with van der Waals surface area (Å²) in [5.41, 5.74) is 8.31. The molecule has 0 aromatic heterocycles. The van der Waals surface area contributed by atoms with Crippen molar-refractivity contribution in [2.24, 2.45) is 5.73 Å². The summed E-state index contributed by atoms with van der Waals surface area (Å²) >= 11 is 10.9. The van der Waals surface area contributed by atoms with Crippen LogP contribution in [0.5, 0.6) is 0 Å². The fourth-order valence-corrected chi connectivity index (χ4v) is 2.00. The van der Waals surface area contributed by atoms with Crippen molar-refractivity contribution in [3.63, 3.8) is 0 Å². The first-order valence-electron chi connectivity index (χ1n) is 5.95. The van der Waals surface area contributed by atoms with Crippen LogP contribution in [0.3, 0.4) is 0 Å². The molecule has 0 fully saturated rings. The van der Waals surface area contributed by atoms with Crippen molar-refractivity contribution < 1.29 is 4.79 Å². The molecule has 3 nitrogen and oxygen atoms in total. The van der Waals surface area contributed by atoms with E-state index >= 15 is 0 Å². The maximum Gasteiger partial charge on any atom is 0.255 e. The minimum Gasteiger partial charge on any atom is -0.389 e. The second-order valence-corrected chi connectivity index (χ2v) is 5.21. The van der Waals surface area contributed by atoms with E-state index in [9.17, 15) is 4.79 Å². The third kappa shape index (κ3) is 3.35. The van der Waals surface area contributed by atoms with Crippen LogP contribution in [0.4, 0.5) is 5.69 Å². The molecule has 0 atom stereocenters. The highest BCUT2D eigenvalue weighted by molar-refractivity contribution is 7.80. The molecular weight excluding hydrogens is 292 g/mol. The van der Waals surface area contributed by atoms with E-state index in [0.717, 1.165) is 5.56 Å². The third-order valence-corrected chi connectivity index (χ3v) is 3.48. The molecule has 20 heavy (non-hydrogen) atoms. The van der Waals surface area contributed by atoms with Crippen molar-refractivity contribution in [3.8, 4) is 0 Å². The number of carbonyl (C=O) groups is 1. The first-order chi connectivity index (χ1) is 9.47. The number of rotatable bonds is 3. The molecular formula is C15H13ClN2OS. The van der Waals surface area contributed by atoms with Gasteiger partial charge in [0, 0.05) is 21.8 Å². The Morgan fingerprint density at radius 1 is 1.20 bits per heavy atom. The SMILES string of the molecule is Cc1ccc(NC(=O)c2cccc(C(N)=S)c2)cc1Cl. The van der Waals surface area contributed by atoms with Crippen molar-refractivity contribution >= 4 is 40.4 Å². The number of benzene rings is 2. The van der Waals surface area contributed by atoms with Gasteiger partial charge in [0.25, 0.3) is 5.91 Å². The zero-order valence-corrected chi connectivity index (χ0v) is 12.4. The lowest BCUT2D eigenvalue weighted by Crippen LogP contribution is -2.14. The van der Waals surface area contributed by atoms with Crippen molar-refractivity contribution in [2.45, 2.75) is 6.92 Å². The number of amides is 1. The van der Waals surface area contributed by atoms with Gasteiger partial charge in [-0.1, -0.05) is 42.0 Å². The molecule has 0 aliphatic heterocycles. The van der Waals surface area contributed by atoms with Gasteiger partial charge in [-0.15, -0.1) is 0 Å². The second kappa shape index (κ2) is 6.03. The molecule has 2 rings (SSSR count). The molecule has 0 saturated carbocycles. The number of nitrogens with one attached hydrogen (secondary N) is 1. The van der Waals surface area contributed by atoms with Crippen LogP contribution in [0.15, 0.2) is 42.5 Å². The highest BCUT2D eigenvalue weighted by Crippen LogP contribution is 2.20. The summed E-state index contributed by atoms with van der Waals surface area (Å²) in [5, 5.41) is 3.40. The van der Waals surface area contributed by atoms with Gasteiger partial charge >= 0.3 is 0 Å². The van der Waals surface area contributed by atoms with E-state index in [0.29, 0.717) is 21.8 Å². The lowest BCUT2D eigenvalue weighted by molar-refractivity contribution is 0.102. The Morgan fingerprint density at radius 2 is 1.90 bits per heavy atom. The topological polar surface area (TPSA) is 55.1 Å². The van der Waals surface area contributed by atoms with Crippen molar-refractivity contribution in [2.75, 3.05) is 5.32 Å². The number of aryl methyl sites for hydroxylation is 1. The number of anilines is 1. The molecule has 0 aliphatic rings. The highest BCUT2D eigenvalue weighted by Gasteiger charge is 2.08. The standard InChI is InChI=1S/C15H13ClN2OS/c1-9-5-6-12(8-13(9)16)18-15(19)11-4-2-3-10(7-11)14(17)20/h2-8H,1H3,(H2,17,20)(H,18,19). The highest BCUT2D eigenvalue weighted by atomic mass is 35.5. The fraction of sp³-hybridized carbons (Fsp3) is 0.0667. The molecule has 0 aliphatic carbocycles. The Bertz CT molecular complexity index is 685. The molecule has 5 heteroatoms. The van der Waals surface area contributed by atoms with E-state index in [1.807, 2.05) is 13.0 Å². The maximum absolute atomic E-state index is 12.1. The first-order valence-corrected chi connectivity index (χ1v) is 6.73. The lowest BCUT2D eigenvalue weighted by Gasteiger charge is -2.08. The van der Waals surface area contributed by atoms with Crippen LogP contribution in [-0.2, 0) is 0 Å². The molecule has 0 unspecified atom stereocenters. The van der Waals surface area contributed by atoms with Crippen molar-refractivity contribution in [1.82, 2.24) is 0 Å². The second-order valence-electron chi connectivity index (χ2n) is 4.36. The van der Waals surface area contributed by atoms with E-state index in [4.69, 9.17) is 29.6 Å². The van der Waals surface area contributed by atoms with E-state index in [1.165, 1.54) is 0 Å². The van der Waals surface area contributed by atoms with Crippen LogP contribution >= 0.6 is 23.8 Å². The minimum absolute atomic E-state index is 0.233. The molecule has 0 heterocycles. The number of hydrogen-bond donors (Lipinski definition) is 2. The van der Waals surface area contributed by atoms with Gasteiger partial charge in [-0.2, -0.15) is 0 Å². The quantitative estimate of drug-likeness (QED) is 0.853. The van der Waals surface area contributed by atoms with Gasteiger partial charge in [0.05, 0.1) is 0 Å². The fourth-order valence-electron chi connectivity index (χ4n) is 1.69. The van der Waals surface area contributed by atoms with Gasteiger partial charge in [0.2, 0.25) is 0 Å². The summed E-state index contributed by atoms with van der Waals surface area (Å²) in [6.07, 6.45) is 0. The Morgan fingerprint density at radius 3 is 2.55 bits per heavy atom. The molecule has 1 amide bonds. The van der Waals surface area contributed by atoms with E-state index in [-0.39, 0.29) is 10.9 Å². The third-order valence-electron chi connectivity index (χ3n) is 2.84. The van der Waals surface area contributed by atoms with Gasteiger partial charge < -0.3 is 11.1 Å². The minimum atomic E-state index is -0.233. The molecule has 2 aromatic rings. The summed E-state index contributed by atoms with van der Waals surface area (Å²) in [5.74, 6) is -0.233. The van der Waals surface area contributed by atoms with Gasteiger partial charge in [-0.05, 0) is 36.8 Å². The summed E-state index contributed by atoms with van der Waals surface area (Å²) < 4.78 is 0. The van der Waals surface area contributed by atoms with E-state index in [1.54, 1.807) is 36.4 Å². The van der Waals surface area contributed by atoms with Gasteiger partial charge in [0.15, 0.2) is 0 Å². The number of carbonyl (C=O) groups excluding carboxylic acids is 1. The summed E-state index contributed by atoms with van der Waals surface area (Å²) in [6.45, 7) is 1.90. The molecule has 2 aromatic carbocycles. The number of nitrogens with two attached hydrogens (primary N) is 1. The molecule has 0 radical (unpaired) electrons. The van der Waals surface area contributed by atoms with Gasteiger partial charge in [-0.3, -0.25) is 4.79 Å². The van der Waals surface area contributed by atoms with Crippen molar-refractivity contribution in [1.29, 1.82) is 0 Å². The van der Waals surface area contributed by atoms with E-state index < -0.39 is 0 Å². The Labute approximate surface area is 127 Å². The number of thiocarbonyl (C=S) groups is 1. The average Bonchev–Trinajstić information content (AvgIpc) is 2.43. The summed E-state index contributed by atoms with van der Waals surface area (Å²) in [7, 11) is 0. The Hall–Kier alpha value is -1.91. The molecule has 0 saturated heterocycles. The predicted octanol–water partition coefficient (Wildman–Crippen LogP) is 3.53. The molecule has 0 spiro atoms. The largest absolute Gasteiger partial charge is 0.389 e. The van der Waals surface area contributed by atoms with Crippen LogP contribution in [-0.4, -0.2) is 10.9 Å². The van der Waals surface area contributed by atoms with Gasteiger partial charge in [0.1, 0.15) is 4.99 Å². The maximum atomic E-state index is 12.1. The number of halogens is 1. The van der Waals surface area contributed by atoms with Crippen molar-refractivity contribution in [3.05, 3.63) is 64.2 Å². The predicted molar refractivity (Wildman–Crippen MR) is 86.5 cm³/mol. The van der Waals surface area contributed by atoms with Crippen LogP contribution in [0.25, 0.3) is 0 Å². The summed E-state index contributed by atoms with van der Waals surface area (Å²) in [6, 6.07) is 12.2. The number of hydrogen-bond acceptors (Lipinski definition) is 2. The van der Waals surface area contributed by atoms with Crippen LogP contribution in [0.2, 0.25) is 5.02 Å². The molecule has 102 valence electrons. The van der Waals surface area contributed by atoms with Crippen LogP contribution in [0, 0.1) is 6.92 Å². The zero-order chi connectivity index (χ0) is 14.7. The lowest BCUT2D eigenvalue weighted by atomic mass is 10.1. The Balaban J connectivity index is 2.21. The van der Waals surface area contributed by atoms with Crippen LogP contribution in [0.1, 0.15) is 21.5 Å². The smallest absolute Gasteiger partial charge is 0.255 e. The normalized spacial score (nSPS) is 10.1. The molecule has 3 N–H and O–H groups in total. The first kappa shape index (κ1) is 14.5. The van der Waals surface area contributed by atoms with Gasteiger partial charge in [-0.25, -0.2) is 0 Å². The average molecular weight is 305 g/mol. The Kier molecular flexibility index (Phi) is 4.37. The zero-order valence-electron chi connectivity index (χ0n) is 10.8. The van der Waals surface area contributed by atoms with E-state index in [2.05, 4.69) is 5.32 Å². The van der Waals surface area contributed by atoms with Crippen LogP contribution < -0.4 is 11.1 Å². The monoisotopic (exact) mass is 304 g/mol.